The van der Waals surface area contributed by atoms with Crippen LogP contribution >= 0.6 is 0 Å². The Balaban J connectivity index is 2.42. The molecule has 0 fully saturated rings. The molecule has 0 amide bonds. The zero-order valence-corrected chi connectivity index (χ0v) is 12.4. The lowest BCUT2D eigenvalue weighted by Crippen LogP contribution is -2.11. The molecule has 0 spiro atoms. The molecular weight excluding hydrogens is 230 g/mol. The summed E-state index contributed by atoms with van der Waals surface area (Å²) in [5.41, 5.74) is 8.01. The lowest BCUT2D eigenvalue weighted by molar-refractivity contribution is 0.727. The van der Waals surface area contributed by atoms with Crippen LogP contribution in [-0.4, -0.2) is 6.54 Å². The van der Waals surface area contributed by atoms with Crippen molar-refractivity contribution in [3.63, 3.8) is 0 Å². The number of benzene rings is 2. The maximum atomic E-state index is 3.39. The highest BCUT2D eigenvalue weighted by atomic mass is 14.8. The summed E-state index contributed by atoms with van der Waals surface area (Å²) >= 11 is 0. The smallest absolute Gasteiger partial charge is 0.0205 e. The minimum Gasteiger partial charge on any atom is -0.313 e. The highest BCUT2D eigenvalue weighted by Crippen LogP contribution is 2.26. The number of hydrogen-bond acceptors (Lipinski definition) is 1. The number of hydrogen-bond donors (Lipinski definition) is 1. The maximum absolute atomic E-state index is 3.39. The Bertz CT molecular complexity index is 550. The Kier molecular flexibility index (Phi) is 4.39. The third-order valence-electron chi connectivity index (χ3n) is 3.41. The first kappa shape index (κ1) is 13.8. The zero-order valence-electron chi connectivity index (χ0n) is 12.4. The van der Waals surface area contributed by atoms with Crippen LogP contribution in [0.15, 0.2) is 36.4 Å². The van der Waals surface area contributed by atoms with Gasteiger partial charge >= 0.3 is 0 Å². The van der Waals surface area contributed by atoms with E-state index >= 15 is 0 Å². The first-order chi connectivity index (χ1) is 9.10. The zero-order chi connectivity index (χ0) is 13.8. The van der Waals surface area contributed by atoms with Crippen molar-refractivity contribution in [2.45, 2.75) is 34.2 Å². The summed E-state index contributed by atoms with van der Waals surface area (Å²) in [5.74, 6) is 0. The van der Waals surface area contributed by atoms with E-state index in [1.54, 1.807) is 0 Å². The molecule has 0 aromatic heterocycles. The first-order valence-electron chi connectivity index (χ1n) is 6.99. The molecule has 19 heavy (non-hydrogen) atoms. The van der Waals surface area contributed by atoms with Crippen molar-refractivity contribution in [3.05, 3.63) is 58.7 Å². The molecule has 0 aliphatic carbocycles. The molecule has 1 heteroatoms. The summed E-state index contributed by atoms with van der Waals surface area (Å²) < 4.78 is 0. The van der Waals surface area contributed by atoms with Gasteiger partial charge in [0.05, 0.1) is 0 Å². The van der Waals surface area contributed by atoms with Crippen LogP contribution in [0.1, 0.15) is 29.2 Å². The Morgan fingerprint density at radius 3 is 2.21 bits per heavy atom. The van der Waals surface area contributed by atoms with Crippen LogP contribution in [0.25, 0.3) is 11.1 Å². The average Bonchev–Trinajstić information content (AvgIpc) is 2.36. The molecule has 0 saturated heterocycles. The van der Waals surface area contributed by atoms with Crippen molar-refractivity contribution in [1.29, 1.82) is 0 Å². The van der Waals surface area contributed by atoms with E-state index in [4.69, 9.17) is 0 Å². The molecule has 0 radical (unpaired) electrons. The highest BCUT2D eigenvalue weighted by molar-refractivity contribution is 5.69. The van der Waals surface area contributed by atoms with Gasteiger partial charge in [-0.3, -0.25) is 0 Å². The Hall–Kier alpha value is -1.60. The normalized spacial score (nSPS) is 10.7. The maximum Gasteiger partial charge on any atom is 0.0205 e. The van der Waals surface area contributed by atoms with Gasteiger partial charge in [0.25, 0.3) is 0 Å². The summed E-state index contributed by atoms with van der Waals surface area (Å²) in [7, 11) is 0. The van der Waals surface area contributed by atoms with Gasteiger partial charge in [-0.25, -0.2) is 0 Å². The van der Waals surface area contributed by atoms with Gasteiger partial charge in [0.2, 0.25) is 0 Å². The molecule has 0 unspecified atom stereocenters. The lowest BCUT2D eigenvalue weighted by Gasteiger charge is -2.11. The number of rotatable bonds is 4. The predicted octanol–water partition coefficient (Wildman–Crippen LogP) is 4.39. The third kappa shape index (κ3) is 3.45. The number of aryl methyl sites for hydroxylation is 3. The largest absolute Gasteiger partial charge is 0.313 e. The molecule has 2 aromatic carbocycles. The summed E-state index contributed by atoms with van der Waals surface area (Å²) in [6, 6.07) is 13.5. The van der Waals surface area contributed by atoms with E-state index in [9.17, 15) is 0 Å². The van der Waals surface area contributed by atoms with Crippen molar-refractivity contribution in [3.8, 4) is 11.1 Å². The van der Waals surface area contributed by atoms with E-state index in [-0.39, 0.29) is 0 Å². The minimum atomic E-state index is 0.939. The van der Waals surface area contributed by atoms with Gasteiger partial charge in [-0.1, -0.05) is 48.4 Å². The third-order valence-corrected chi connectivity index (χ3v) is 3.41. The van der Waals surface area contributed by atoms with Crippen molar-refractivity contribution >= 4 is 0 Å². The molecular formula is C18H23N. The molecule has 1 nitrogen and oxygen atoms in total. The SMILES string of the molecule is CCNCc1ccc(C)c(-c2cc(C)cc(C)c2)c1. The molecule has 2 rings (SSSR count). The van der Waals surface area contributed by atoms with Crippen LogP contribution in [0, 0.1) is 20.8 Å². The van der Waals surface area contributed by atoms with Crippen molar-refractivity contribution in [2.24, 2.45) is 0 Å². The van der Waals surface area contributed by atoms with E-state index in [1.807, 2.05) is 0 Å². The molecule has 2 aromatic rings. The van der Waals surface area contributed by atoms with Crippen LogP contribution in [0.5, 0.6) is 0 Å². The topological polar surface area (TPSA) is 12.0 Å². The van der Waals surface area contributed by atoms with Gasteiger partial charge in [0.15, 0.2) is 0 Å². The van der Waals surface area contributed by atoms with E-state index in [2.05, 4.69) is 69.4 Å². The molecule has 0 bridgehead atoms. The molecule has 1 N–H and O–H groups in total. The Morgan fingerprint density at radius 1 is 0.895 bits per heavy atom. The van der Waals surface area contributed by atoms with Gasteiger partial charge < -0.3 is 5.32 Å². The van der Waals surface area contributed by atoms with Crippen LogP contribution < -0.4 is 5.32 Å². The second kappa shape index (κ2) is 6.03. The van der Waals surface area contributed by atoms with Crippen LogP contribution in [0.4, 0.5) is 0 Å². The lowest BCUT2D eigenvalue weighted by atomic mass is 9.95. The summed E-state index contributed by atoms with van der Waals surface area (Å²) in [5, 5.41) is 3.39. The van der Waals surface area contributed by atoms with Gasteiger partial charge in [0, 0.05) is 6.54 Å². The molecule has 0 atom stereocenters. The van der Waals surface area contributed by atoms with Crippen LogP contribution in [0.2, 0.25) is 0 Å². The predicted molar refractivity (Wildman–Crippen MR) is 83.5 cm³/mol. The van der Waals surface area contributed by atoms with Crippen LogP contribution in [-0.2, 0) is 6.54 Å². The quantitative estimate of drug-likeness (QED) is 0.852. The minimum absolute atomic E-state index is 0.939. The highest BCUT2D eigenvalue weighted by Gasteiger charge is 2.05. The van der Waals surface area contributed by atoms with E-state index in [0.29, 0.717) is 0 Å². The monoisotopic (exact) mass is 253 g/mol. The van der Waals surface area contributed by atoms with Gasteiger partial charge in [0.1, 0.15) is 0 Å². The van der Waals surface area contributed by atoms with Gasteiger partial charge in [-0.15, -0.1) is 0 Å². The standard InChI is InChI=1S/C18H23N/c1-5-19-12-16-7-6-15(4)18(11-16)17-9-13(2)8-14(3)10-17/h6-11,19H,5,12H2,1-4H3. The summed E-state index contributed by atoms with van der Waals surface area (Å²) in [4.78, 5) is 0. The average molecular weight is 253 g/mol. The Morgan fingerprint density at radius 2 is 1.58 bits per heavy atom. The fourth-order valence-corrected chi connectivity index (χ4v) is 2.49. The second-order valence-electron chi connectivity index (χ2n) is 5.31. The van der Waals surface area contributed by atoms with Crippen molar-refractivity contribution in [1.82, 2.24) is 5.32 Å². The molecule has 100 valence electrons. The van der Waals surface area contributed by atoms with Crippen molar-refractivity contribution in [2.75, 3.05) is 6.54 Å². The summed E-state index contributed by atoms with van der Waals surface area (Å²) in [6.45, 7) is 10.6. The molecule has 0 heterocycles. The fraction of sp³-hybridized carbons (Fsp3) is 0.333. The first-order valence-corrected chi connectivity index (χ1v) is 6.99. The van der Waals surface area contributed by atoms with Crippen molar-refractivity contribution < 1.29 is 0 Å². The van der Waals surface area contributed by atoms with Gasteiger partial charge in [-0.2, -0.15) is 0 Å². The molecule has 0 aliphatic rings. The fourth-order valence-electron chi connectivity index (χ4n) is 2.49. The van der Waals surface area contributed by atoms with E-state index in [1.165, 1.54) is 33.4 Å². The van der Waals surface area contributed by atoms with E-state index < -0.39 is 0 Å². The van der Waals surface area contributed by atoms with Crippen LogP contribution in [0.3, 0.4) is 0 Å². The molecule has 0 saturated carbocycles. The Labute approximate surface area is 116 Å². The number of nitrogens with one attached hydrogen (secondary N) is 1. The van der Waals surface area contributed by atoms with Gasteiger partial charge in [-0.05, 0) is 55.6 Å². The molecule has 0 aliphatic heterocycles. The van der Waals surface area contributed by atoms with E-state index in [0.717, 1.165) is 13.1 Å². The second-order valence-corrected chi connectivity index (χ2v) is 5.31. The summed E-state index contributed by atoms with van der Waals surface area (Å²) in [6.07, 6.45) is 0.